The van der Waals surface area contributed by atoms with Crippen LogP contribution in [0.2, 0.25) is 0 Å². The van der Waals surface area contributed by atoms with Crippen LogP contribution < -0.4 is 0 Å². The lowest BCUT2D eigenvalue weighted by Gasteiger charge is -2.21. The van der Waals surface area contributed by atoms with Crippen molar-refractivity contribution in [3.63, 3.8) is 0 Å². The molecule has 0 saturated carbocycles. The Kier molecular flexibility index (Phi) is 3.61. The molecule has 0 aliphatic heterocycles. The predicted molar refractivity (Wildman–Crippen MR) is 92.3 cm³/mol. The number of phenolic OH excluding ortho intramolecular Hbond substituents is 1. The molecule has 0 aromatic heterocycles. The van der Waals surface area contributed by atoms with Crippen LogP contribution in [0.4, 0.5) is 8.78 Å². The Morgan fingerprint density at radius 2 is 1.48 bits per heavy atom. The maximum absolute atomic E-state index is 14.5. The van der Waals surface area contributed by atoms with E-state index in [1.165, 1.54) is 18.2 Å². The largest absolute Gasteiger partial charge is 0.508 e. The van der Waals surface area contributed by atoms with E-state index < -0.39 is 18.1 Å². The minimum atomic E-state index is -2.16. The number of hydrogen-bond acceptors (Lipinski definition) is 2. The first-order valence-corrected chi connectivity index (χ1v) is 7.91. The van der Waals surface area contributed by atoms with Crippen molar-refractivity contribution in [2.45, 2.75) is 12.3 Å². The van der Waals surface area contributed by atoms with Gasteiger partial charge in [-0.2, -0.15) is 0 Å². The van der Waals surface area contributed by atoms with Crippen LogP contribution >= 0.6 is 0 Å². The van der Waals surface area contributed by atoms with E-state index in [0.717, 1.165) is 11.1 Å². The van der Waals surface area contributed by atoms with Crippen molar-refractivity contribution in [2.75, 3.05) is 0 Å². The summed E-state index contributed by atoms with van der Waals surface area (Å²) in [6.07, 6.45) is -1.33. The molecule has 0 saturated heterocycles. The molecule has 2 unspecified atom stereocenters. The molecule has 25 heavy (non-hydrogen) atoms. The van der Waals surface area contributed by atoms with Crippen molar-refractivity contribution in [1.29, 1.82) is 0 Å². The van der Waals surface area contributed by atoms with Crippen molar-refractivity contribution in [2.24, 2.45) is 0 Å². The molecular weight excluding hydrogens is 322 g/mol. The Labute approximate surface area is 143 Å². The van der Waals surface area contributed by atoms with E-state index in [1.807, 2.05) is 30.3 Å². The molecule has 0 fully saturated rings. The maximum Gasteiger partial charge on any atom is 0.197 e. The predicted octanol–water partition coefficient (Wildman–Crippen LogP) is 4.43. The Balaban J connectivity index is 1.96. The highest BCUT2D eigenvalue weighted by molar-refractivity contribution is 6.13. The van der Waals surface area contributed by atoms with Crippen LogP contribution in [0.3, 0.4) is 0 Å². The first-order valence-electron chi connectivity index (χ1n) is 7.91. The van der Waals surface area contributed by atoms with E-state index in [1.54, 1.807) is 18.2 Å². The van der Waals surface area contributed by atoms with Gasteiger partial charge in [-0.15, -0.1) is 0 Å². The summed E-state index contributed by atoms with van der Waals surface area (Å²) < 4.78 is 28.3. The fraction of sp³-hybridized carbons (Fsp3) is 0.0952. The summed E-state index contributed by atoms with van der Waals surface area (Å²) in [5, 5.41) is 9.50. The van der Waals surface area contributed by atoms with Crippen LogP contribution in [-0.2, 0) is 4.79 Å². The number of carbonyl (C=O) groups is 1. The third kappa shape index (κ3) is 2.50. The Hall–Kier alpha value is -3.01. The molecule has 0 heterocycles. The summed E-state index contributed by atoms with van der Waals surface area (Å²) in [6, 6.07) is 15.8. The highest BCUT2D eigenvalue weighted by atomic mass is 19.2. The van der Waals surface area contributed by atoms with Crippen molar-refractivity contribution >= 4 is 16.9 Å². The number of rotatable bonds is 2. The fourth-order valence-corrected chi connectivity index (χ4v) is 3.29. The van der Waals surface area contributed by atoms with E-state index in [4.69, 9.17) is 0 Å². The average molecular weight is 336 g/mol. The molecule has 0 spiro atoms. The summed E-state index contributed by atoms with van der Waals surface area (Å²) in [5.41, 5.74) is 3.60. The third-order valence-corrected chi connectivity index (χ3v) is 4.50. The van der Waals surface area contributed by atoms with Gasteiger partial charge in [0.2, 0.25) is 0 Å². The molecule has 4 heteroatoms. The first-order chi connectivity index (χ1) is 12.1. The van der Waals surface area contributed by atoms with Gasteiger partial charge in [0.25, 0.3) is 0 Å². The molecule has 0 radical (unpaired) electrons. The number of phenols is 1. The number of ketones is 1. The van der Waals surface area contributed by atoms with Crippen molar-refractivity contribution in [1.82, 2.24) is 0 Å². The topological polar surface area (TPSA) is 37.3 Å². The summed E-state index contributed by atoms with van der Waals surface area (Å²) in [7, 11) is 0. The average Bonchev–Trinajstić information content (AvgIpc) is 3.00. The molecule has 2 aromatic carbocycles. The second-order valence-corrected chi connectivity index (χ2v) is 6.07. The van der Waals surface area contributed by atoms with Crippen molar-refractivity contribution in [3.8, 4) is 5.75 Å². The molecule has 0 bridgehead atoms. The zero-order valence-electron chi connectivity index (χ0n) is 13.1. The molecular formula is C21H14F2O2. The Morgan fingerprint density at radius 3 is 2.16 bits per heavy atom. The molecule has 0 amide bonds. The number of benzene rings is 2. The van der Waals surface area contributed by atoms with Gasteiger partial charge in [-0.25, -0.2) is 8.78 Å². The van der Waals surface area contributed by atoms with Gasteiger partial charge < -0.3 is 5.11 Å². The number of aromatic hydroxyl groups is 1. The second-order valence-electron chi connectivity index (χ2n) is 6.07. The summed E-state index contributed by atoms with van der Waals surface area (Å²) >= 11 is 0. The van der Waals surface area contributed by atoms with Crippen molar-refractivity contribution < 1.29 is 18.7 Å². The standard InChI is InChI=1S/C21H14F2O2/c22-20-17-10-15(12-6-8-14(24)9-7-12)19(13-4-2-1-3-5-13)16(17)11-18(25)21(20)23/h1-11,20-21,24H. The van der Waals surface area contributed by atoms with E-state index in [9.17, 15) is 18.7 Å². The van der Waals surface area contributed by atoms with Crippen LogP contribution in [0, 0.1) is 0 Å². The minimum Gasteiger partial charge on any atom is -0.508 e. The van der Waals surface area contributed by atoms with Crippen LogP contribution in [0.25, 0.3) is 11.1 Å². The molecule has 2 aliphatic carbocycles. The second kappa shape index (κ2) is 5.81. The number of fused-ring (bicyclic) bond motifs is 1. The lowest BCUT2D eigenvalue weighted by Crippen LogP contribution is -2.31. The quantitative estimate of drug-likeness (QED) is 0.881. The minimum absolute atomic E-state index is 0.121. The lowest BCUT2D eigenvalue weighted by atomic mass is 9.86. The lowest BCUT2D eigenvalue weighted by molar-refractivity contribution is -0.121. The normalized spacial score (nSPS) is 22.6. The highest BCUT2D eigenvalue weighted by Gasteiger charge is 2.40. The highest BCUT2D eigenvalue weighted by Crippen LogP contribution is 2.47. The number of hydrogen-bond donors (Lipinski definition) is 1. The third-order valence-electron chi connectivity index (χ3n) is 4.50. The molecule has 2 aromatic rings. The molecule has 2 atom stereocenters. The molecule has 124 valence electrons. The van der Waals surface area contributed by atoms with Crippen LogP contribution in [0.5, 0.6) is 5.75 Å². The summed E-state index contributed by atoms with van der Waals surface area (Å²) in [5.74, 6) is -0.727. The number of halogens is 2. The summed E-state index contributed by atoms with van der Waals surface area (Å²) in [6.45, 7) is 0. The molecule has 2 nitrogen and oxygen atoms in total. The van der Waals surface area contributed by atoms with Gasteiger partial charge in [-0.3, -0.25) is 4.79 Å². The van der Waals surface area contributed by atoms with E-state index in [0.29, 0.717) is 16.7 Å². The van der Waals surface area contributed by atoms with Gasteiger partial charge in [-0.1, -0.05) is 42.5 Å². The van der Waals surface area contributed by atoms with Crippen molar-refractivity contribution in [3.05, 3.63) is 89.0 Å². The molecule has 2 aliphatic rings. The zero-order chi connectivity index (χ0) is 17.6. The van der Waals surface area contributed by atoms with Gasteiger partial charge in [0.05, 0.1) is 0 Å². The first kappa shape index (κ1) is 15.5. The number of alkyl halides is 2. The monoisotopic (exact) mass is 336 g/mol. The van der Waals surface area contributed by atoms with Crippen LogP contribution in [0.1, 0.15) is 11.1 Å². The SMILES string of the molecule is O=C1C=C2C(=CC(c3ccc(O)cc3)=C2c2ccccc2)C(F)C1F. The smallest absolute Gasteiger partial charge is 0.197 e. The zero-order valence-corrected chi connectivity index (χ0v) is 13.1. The van der Waals surface area contributed by atoms with Gasteiger partial charge in [0, 0.05) is 0 Å². The van der Waals surface area contributed by atoms with E-state index in [2.05, 4.69) is 0 Å². The number of carbonyl (C=O) groups excluding carboxylic acids is 1. The van der Waals surface area contributed by atoms with Gasteiger partial charge in [-0.05, 0) is 57.7 Å². The van der Waals surface area contributed by atoms with E-state index in [-0.39, 0.29) is 11.3 Å². The van der Waals surface area contributed by atoms with Gasteiger partial charge in [0.15, 0.2) is 18.1 Å². The maximum atomic E-state index is 14.5. The molecule has 1 N–H and O–H groups in total. The van der Waals surface area contributed by atoms with Crippen LogP contribution in [0.15, 0.2) is 77.9 Å². The van der Waals surface area contributed by atoms with Crippen LogP contribution in [-0.4, -0.2) is 23.2 Å². The van der Waals surface area contributed by atoms with Gasteiger partial charge >= 0.3 is 0 Å². The fourth-order valence-electron chi connectivity index (χ4n) is 3.29. The summed E-state index contributed by atoms with van der Waals surface area (Å²) in [4.78, 5) is 11.8. The Morgan fingerprint density at radius 1 is 0.800 bits per heavy atom. The Bertz CT molecular complexity index is 938. The van der Waals surface area contributed by atoms with E-state index >= 15 is 0 Å². The number of allylic oxidation sites excluding steroid dienone is 6. The van der Waals surface area contributed by atoms with Gasteiger partial charge in [0.1, 0.15) is 5.75 Å². The molecule has 4 rings (SSSR count).